The number of nitrogens with one attached hydrogen (secondary N) is 1. The lowest BCUT2D eigenvalue weighted by Gasteiger charge is -2.07. The molecule has 110 valence electrons. The van der Waals surface area contributed by atoms with E-state index in [1.807, 2.05) is 37.3 Å². The summed E-state index contributed by atoms with van der Waals surface area (Å²) in [6.07, 6.45) is 0. The van der Waals surface area contributed by atoms with Gasteiger partial charge in [-0.15, -0.1) is 11.8 Å². The number of halogens is 2. The maximum atomic E-state index is 11.8. The number of anilines is 1. The quantitative estimate of drug-likeness (QED) is 0.813. The molecule has 1 amide bonds. The second-order valence-corrected chi connectivity index (χ2v) is 6.47. The van der Waals surface area contributed by atoms with E-state index in [9.17, 15) is 4.79 Å². The topological polar surface area (TPSA) is 29.1 Å². The highest BCUT2D eigenvalue weighted by Gasteiger charge is 2.05. The van der Waals surface area contributed by atoms with Crippen LogP contribution < -0.4 is 5.32 Å². The monoisotopic (exact) mass is 339 g/mol. The van der Waals surface area contributed by atoms with Gasteiger partial charge in [-0.3, -0.25) is 4.79 Å². The number of carbonyl (C=O) groups is 1. The van der Waals surface area contributed by atoms with Gasteiger partial charge < -0.3 is 5.32 Å². The van der Waals surface area contributed by atoms with E-state index in [0.717, 1.165) is 11.3 Å². The first-order valence-electron chi connectivity index (χ1n) is 6.43. The fourth-order valence-corrected chi connectivity index (χ4v) is 3.11. The van der Waals surface area contributed by atoms with Crippen molar-refractivity contribution >= 4 is 46.6 Å². The van der Waals surface area contributed by atoms with Gasteiger partial charge in [-0.05, 0) is 36.8 Å². The zero-order valence-electron chi connectivity index (χ0n) is 11.5. The Balaban J connectivity index is 1.80. The third-order valence-electron chi connectivity index (χ3n) is 2.84. The Bertz CT molecular complexity index is 629. The number of rotatable bonds is 5. The molecule has 0 aliphatic rings. The largest absolute Gasteiger partial charge is 0.325 e. The Morgan fingerprint density at radius 1 is 1.14 bits per heavy atom. The van der Waals surface area contributed by atoms with Gasteiger partial charge >= 0.3 is 0 Å². The van der Waals surface area contributed by atoms with Gasteiger partial charge in [-0.1, -0.05) is 47.0 Å². The normalized spacial score (nSPS) is 10.4. The summed E-state index contributed by atoms with van der Waals surface area (Å²) in [5.41, 5.74) is 2.96. The van der Waals surface area contributed by atoms with Crippen LogP contribution in [0.4, 0.5) is 5.69 Å². The summed E-state index contributed by atoms with van der Waals surface area (Å²) < 4.78 is 0. The first-order valence-corrected chi connectivity index (χ1v) is 8.34. The van der Waals surface area contributed by atoms with Gasteiger partial charge in [0.25, 0.3) is 0 Å². The van der Waals surface area contributed by atoms with Gasteiger partial charge in [0.1, 0.15) is 0 Å². The van der Waals surface area contributed by atoms with Crippen LogP contribution >= 0.6 is 35.0 Å². The summed E-state index contributed by atoms with van der Waals surface area (Å²) in [7, 11) is 0. The van der Waals surface area contributed by atoms with Gasteiger partial charge in [-0.25, -0.2) is 0 Å². The third-order valence-corrected chi connectivity index (χ3v) is 4.41. The first kappa shape index (κ1) is 16.2. The minimum absolute atomic E-state index is 0.0195. The maximum absolute atomic E-state index is 11.8. The zero-order chi connectivity index (χ0) is 15.2. The minimum atomic E-state index is -0.0195. The fraction of sp³-hybridized carbons (Fsp3) is 0.188. The molecule has 0 saturated carbocycles. The van der Waals surface area contributed by atoms with E-state index in [4.69, 9.17) is 23.2 Å². The second kappa shape index (κ2) is 7.74. The van der Waals surface area contributed by atoms with Crippen LogP contribution in [-0.4, -0.2) is 11.7 Å². The molecule has 0 aromatic heterocycles. The zero-order valence-corrected chi connectivity index (χ0v) is 13.9. The lowest BCUT2D eigenvalue weighted by molar-refractivity contribution is -0.113. The Hall–Kier alpha value is -1.16. The number of amides is 1. The van der Waals surface area contributed by atoms with Crippen molar-refractivity contribution in [2.45, 2.75) is 12.7 Å². The van der Waals surface area contributed by atoms with Gasteiger partial charge in [0, 0.05) is 21.5 Å². The van der Waals surface area contributed by atoms with Gasteiger partial charge in [0.15, 0.2) is 0 Å². The van der Waals surface area contributed by atoms with E-state index in [0.29, 0.717) is 21.6 Å². The number of thioether (sulfide) groups is 1. The van der Waals surface area contributed by atoms with Crippen LogP contribution in [-0.2, 0) is 10.5 Å². The summed E-state index contributed by atoms with van der Waals surface area (Å²) in [4.78, 5) is 11.8. The number of carbonyl (C=O) groups excluding carboxylic acids is 1. The van der Waals surface area contributed by atoms with E-state index in [-0.39, 0.29) is 5.91 Å². The maximum Gasteiger partial charge on any atom is 0.234 e. The van der Waals surface area contributed by atoms with Crippen LogP contribution in [0.3, 0.4) is 0 Å². The molecule has 0 aliphatic heterocycles. The molecule has 2 nitrogen and oxygen atoms in total. The van der Waals surface area contributed by atoms with Crippen molar-refractivity contribution in [3.8, 4) is 0 Å². The van der Waals surface area contributed by atoms with Crippen LogP contribution in [0.25, 0.3) is 0 Å². The Kier molecular flexibility index (Phi) is 5.97. The highest BCUT2D eigenvalue weighted by Crippen LogP contribution is 2.24. The molecule has 0 spiro atoms. The SMILES string of the molecule is Cc1ccc(NC(=O)CSCc2ccc(Cl)cc2Cl)cc1. The summed E-state index contributed by atoms with van der Waals surface area (Å²) in [5, 5.41) is 4.12. The van der Waals surface area contributed by atoms with E-state index >= 15 is 0 Å². The minimum Gasteiger partial charge on any atom is -0.325 e. The molecule has 0 aliphatic carbocycles. The molecule has 0 radical (unpaired) electrons. The van der Waals surface area contributed by atoms with Crippen molar-refractivity contribution in [1.82, 2.24) is 0 Å². The molecule has 0 fully saturated rings. The highest BCUT2D eigenvalue weighted by molar-refractivity contribution is 7.99. The Morgan fingerprint density at radius 2 is 1.86 bits per heavy atom. The Morgan fingerprint density at radius 3 is 2.52 bits per heavy atom. The van der Waals surface area contributed by atoms with Gasteiger partial charge in [-0.2, -0.15) is 0 Å². The Labute approximate surface area is 138 Å². The van der Waals surface area contributed by atoms with Crippen molar-refractivity contribution in [1.29, 1.82) is 0 Å². The molecule has 0 heterocycles. The average Bonchev–Trinajstić information content (AvgIpc) is 2.44. The van der Waals surface area contributed by atoms with Crippen LogP contribution in [0.15, 0.2) is 42.5 Å². The van der Waals surface area contributed by atoms with Gasteiger partial charge in [0.2, 0.25) is 5.91 Å². The number of hydrogen-bond acceptors (Lipinski definition) is 2. The molecule has 21 heavy (non-hydrogen) atoms. The molecule has 2 rings (SSSR count). The molecule has 5 heteroatoms. The summed E-state index contributed by atoms with van der Waals surface area (Å²) in [6.45, 7) is 2.01. The first-order chi connectivity index (χ1) is 10.0. The smallest absolute Gasteiger partial charge is 0.234 e. The molecule has 2 aromatic carbocycles. The lowest BCUT2D eigenvalue weighted by Crippen LogP contribution is -2.14. The molecule has 0 atom stereocenters. The fourth-order valence-electron chi connectivity index (χ4n) is 1.73. The van der Waals surface area contributed by atoms with Crippen molar-refractivity contribution < 1.29 is 4.79 Å². The van der Waals surface area contributed by atoms with Crippen LogP contribution in [0.2, 0.25) is 10.0 Å². The van der Waals surface area contributed by atoms with Crippen molar-refractivity contribution in [2.75, 3.05) is 11.1 Å². The number of hydrogen-bond donors (Lipinski definition) is 1. The molecular formula is C16H15Cl2NOS. The predicted molar refractivity (Wildman–Crippen MR) is 92.4 cm³/mol. The van der Waals surface area contributed by atoms with Gasteiger partial charge in [0.05, 0.1) is 5.75 Å². The molecule has 0 bridgehead atoms. The molecular weight excluding hydrogens is 325 g/mol. The molecule has 0 saturated heterocycles. The number of benzene rings is 2. The average molecular weight is 340 g/mol. The summed E-state index contributed by atoms with van der Waals surface area (Å²) in [6, 6.07) is 13.1. The predicted octanol–water partition coefficient (Wildman–Crippen LogP) is 5.17. The van der Waals surface area contributed by atoms with Crippen molar-refractivity contribution in [2.24, 2.45) is 0 Å². The van der Waals surface area contributed by atoms with E-state index in [1.54, 1.807) is 12.1 Å². The van der Waals surface area contributed by atoms with E-state index in [2.05, 4.69) is 5.32 Å². The molecule has 1 N–H and O–H groups in total. The van der Waals surface area contributed by atoms with Crippen molar-refractivity contribution in [3.63, 3.8) is 0 Å². The standard InChI is InChI=1S/C16H15Cl2NOS/c1-11-2-6-14(7-3-11)19-16(20)10-21-9-12-4-5-13(17)8-15(12)18/h2-8H,9-10H2,1H3,(H,19,20). The van der Waals surface area contributed by atoms with Crippen molar-refractivity contribution in [3.05, 3.63) is 63.6 Å². The van der Waals surface area contributed by atoms with Crippen LogP contribution in [0.5, 0.6) is 0 Å². The number of aryl methyl sites for hydroxylation is 1. The summed E-state index contributed by atoms with van der Waals surface area (Å²) in [5.74, 6) is 1.04. The lowest BCUT2D eigenvalue weighted by atomic mass is 10.2. The second-order valence-electron chi connectivity index (χ2n) is 4.64. The van der Waals surface area contributed by atoms with Crippen LogP contribution in [0.1, 0.15) is 11.1 Å². The summed E-state index contributed by atoms with van der Waals surface area (Å²) >= 11 is 13.5. The highest BCUT2D eigenvalue weighted by atomic mass is 35.5. The van der Waals surface area contributed by atoms with Crippen LogP contribution in [0, 0.1) is 6.92 Å². The third kappa shape index (κ3) is 5.27. The molecule has 0 unspecified atom stereocenters. The van der Waals surface area contributed by atoms with E-state index < -0.39 is 0 Å². The van der Waals surface area contributed by atoms with E-state index in [1.165, 1.54) is 17.3 Å². The molecule has 2 aromatic rings.